The number of methoxy groups -OCH3 is 1. The van der Waals surface area contributed by atoms with E-state index in [0.717, 1.165) is 41.1 Å². The molecule has 10 heteroatoms. The van der Waals surface area contributed by atoms with Crippen molar-refractivity contribution in [1.82, 2.24) is 23.7 Å². The van der Waals surface area contributed by atoms with Crippen LogP contribution in [0.2, 0.25) is 0 Å². The number of fused-ring (bicyclic) bond motifs is 1. The fraction of sp³-hybridized carbons (Fsp3) is 0.348. The van der Waals surface area contributed by atoms with Crippen molar-refractivity contribution >= 4 is 5.52 Å². The van der Waals surface area contributed by atoms with Gasteiger partial charge < -0.3 is 9.30 Å². The summed E-state index contributed by atoms with van der Waals surface area (Å²) in [6.07, 6.45) is 2.78. The van der Waals surface area contributed by atoms with Crippen molar-refractivity contribution < 1.29 is 17.9 Å². The largest absolute Gasteiger partial charge is 0.495 e. The molecule has 4 aromatic rings. The second-order valence-corrected chi connectivity index (χ2v) is 8.39. The first-order valence-electron chi connectivity index (χ1n) is 10.6. The molecule has 7 nitrogen and oxygen atoms in total. The number of imidazole rings is 1. The first-order chi connectivity index (χ1) is 15.8. The second-order valence-electron chi connectivity index (χ2n) is 8.39. The third kappa shape index (κ3) is 3.59. The SMILES string of the molecule is COc1cc(C(F)(F)F)c2cn(-c3cccc(C(c4nncn4C)C4CCC4)c3)c(=O)n2c1. The lowest BCUT2D eigenvalue weighted by Gasteiger charge is -2.33. The summed E-state index contributed by atoms with van der Waals surface area (Å²) in [5.74, 6) is 1.17. The zero-order valence-corrected chi connectivity index (χ0v) is 18.1. The van der Waals surface area contributed by atoms with E-state index in [0.29, 0.717) is 11.6 Å². The van der Waals surface area contributed by atoms with Crippen molar-refractivity contribution in [2.45, 2.75) is 31.4 Å². The van der Waals surface area contributed by atoms with Crippen molar-refractivity contribution in [3.63, 3.8) is 0 Å². The molecule has 1 aromatic carbocycles. The number of aryl methyl sites for hydroxylation is 1. The van der Waals surface area contributed by atoms with Gasteiger partial charge in [-0.25, -0.2) is 4.79 Å². The quantitative estimate of drug-likeness (QED) is 0.451. The van der Waals surface area contributed by atoms with Gasteiger partial charge in [0, 0.05) is 19.2 Å². The first-order valence-corrected chi connectivity index (χ1v) is 10.6. The molecular formula is C23H22F3N5O2. The summed E-state index contributed by atoms with van der Waals surface area (Å²) in [6, 6.07) is 8.24. The van der Waals surface area contributed by atoms with Gasteiger partial charge in [-0.3, -0.25) is 8.97 Å². The van der Waals surface area contributed by atoms with Gasteiger partial charge in [0.2, 0.25) is 0 Å². The molecule has 172 valence electrons. The molecule has 0 radical (unpaired) electrons. The predicted octanol–water partition coefficient (Wildman–Crippen LogP) is 4.18. The maximum absolute atomic E-state index is 13.7. The third-order valence-electron chi connectivity index (χ3n) is 6.44. The number of alkyl halides is 3. The number of nitrogens with zero attached hydrogens (tertiary/aromatic N) is 5. The van der Waals surface area contributed by atoms with Crippen LogP contribution >= 0.6 is 0 Å². The Bertz CT molecular complexity index is 1380. The molecular weight excluding hydrogens is 435 g/mol. The fourth-order valence-corrected chi connectivity index (χ4v) is 4.53. The normalized spacial score (nSPS) is 15.5. The summed E-state index contributed by atoms with van der Waals surface area (Å²) in [5.41, 5.74) is -0.336. The van der Waals surface area contributed by atoms with Gasteiger partial charge in [-0.05, 0) is 42.5 Å². The Balaban J connectivity index is 1.66. The maximum atomic E-state index is 13.7. The Morgan fingerprint density at radius 3 is 2.58 bits per heavy atom. The van der Waals surface area contributed by atoms with Gasteiger partial charge in [0.25, 0.3) is 0 Å². The van der Waals surface area contributed by atoms with E-state index in [1.165, 1.54) is 24.1 Å². The van der Waals surface area contributed by atoms with Gasteiger partial charge in [-0.15, -0.1) is 10.2 Å². The highest BCUT2D eigenvalue weighted by molar-refractivity contribution is 5.59. The summed E-state index contributed by atoms with van der Waals surface area (Å²) in [5, 5.41) is 8.33. The molecule has 0 saturated heterocycles. The van der Waals surface area contributed by atoms with E-state index in [1.807, 2.05) is 29.8 Å². The minimum atomic E-state index is -4.64. The summed E-state index contributed by atoms with van der Waals surface area (Å²) < 4.78 is 50.1. The molecule has 0 aliphatic heterocycles. The van der Waals surface area contributed by atoms with Crippen molar-refractivity contribution in [2.75, 3.05) is 7.11 Å². The van der Waals surface area contributed by atoms with Crippen LogP contribution in [-0.4, -0.2) is 30.8 Å². The Kier molecular flexibility index (Phi) is 5.02. The molecule has 33 heavy (non-hydrogen) atoms. The number of ether oxygens (including phenoxy) is 1. The van der Waals surface area contributed by atoms with E-state index < -0.39 is 17.4 Å². The van der Waals surface area contributed by atoms with Crippen molar-refractivity contribution in [2.24, 2.45) is 13.0 Å². The molecule has 0 bridgehead atoms. The number of halogens is 3. The van der Waals surface area contributed by atoms with Gasteiger partial charge in [0.15, 0.2) is 0 Å². The Labute approximate surface area is 187 Å². The lowest BCUT2D eigenvalue weighted by Crippen LogP contribution is -2.24. The van der Waals surface area contributed by atoms with E-state index in [1.54, 1.807) is 12.4 Å². The topological polar surface area (TPSA) is 66.3 Å². The van der Waals surface area contributed by atoms with E-state index in [-0.39, 0.29) is 17.2 Å². The van der Waals surface area contributed by atoms with Crippen LogP contribution in [-0.2, 0) is 13.2 Å². The average molecular weight is 457 g/mol. The summed E-state index contributed by atoms with van der Waals surface area (Å²) in [7, 11) is 3.15. The van der Waals surface area contributed by atoms with Crippen LogP contribution in [0.4, 0.5) is 13.2 Å². The van der Waals surface area contributed by atoms with Gasteiger partial charge in [-0.1, -0.05) is 18.6 Å². The minimum absolute atomic E-state index is 0.00948. The zero-order valence-electron chi connectivity index (χ0n) is 18.1. The second kappa shape index (κ2) is 7.79. The Hall–Kier alpha value is -3.56. The minimum Gasteiger partial charge on any atom is -0.495 e. The van der Waals surface area contributed by atoms with E-state index >= 15 is 0 Å². The number of aromatic nitrogens is 5. The smallest absolute Gasteiger partial charge is 0.418 e. The molecule has 3 heterocycles. The maximum Gasteiger partial charge on any atom is 0.418 e. The highest BCUT2D eigenvalue weighted by atomic mass is 19.4. The van der Waals surface area contributed by atoms with Crippen molar-refractivity contribution in [1.29, 1.82) is 0 Å². The van der Waals surface area contributed by atoms with Crippen LogP contribution in [0.3, 0.4) is 0 Å². The van der Waals surface area contributed by atoms with Crippen molar-refractivity contribution in [3.05, 3.63) is 76.5 Å². The third-order valence-corrected chi connectivity index (χ3v) is 6.44. The molecule has 1 atom stereocenters. The van der Waals surface area contributed by atoms with Gasteiger partial charge in [-0.2, -0.15) is 13.2 Å². The molecule has 1 unspecified atom stereocenters. The van der Waals surface area contributed by atoms with Crippen LogP contribution in [0.15, 0.2) is 53.8 Å². The predicted molar refractivity (Wildman–Crippen MR) is 115 cm³/mol. The summed E-state index contributed by atoms with van der Waals surface area (Å²) >= 11 is 0. The van der Waals surface area contributed by atoms with E-state index in [4.69, 9.17) is 4.74 Å². The molecule has 0 N–H and O–H groups in total. The van der Waals surface area contributed by atoms with E-state index in [2.05, 4.69) is 10.2 Å². The molecule has 5 rings (SSSR count). The fourth-order valence-electron chi connectivity index (χ4n) is 4.53. The van der Waals surface area contributed by atoms with Crippen LogP contribution in [0.1, 0.15) is 42.1 Å². The van der Waals surface area contributed by atoms with Gasteiger partial charge in [0.05, 0.1) is 30.1 Å². The Morgan fingerprint density at radius 1 is 1.18 bits per heavy atom. The number of hydrogen-bond donors (Lipinski definition) is 0. The molecule has 3 aromatic heterocycles. The Morgan fingerprint density at radius 2 is 1.97 bits per heavy atom. The molecule has 1 aliphatic rings. The lowest BCUT2D eigenvalue weighted by molar-refractivity contribution is -0.136. The first kappa shape index (κ1) is 21.3. The standard InChI is InChI=1S/C23H22F3N5O2/c1-29-13-27-28-21(29)20(14-5-3-6-14)15-7-4-8-16(9-15)30-12-19-18(23(24,25)26)10-17(33-2)11-31(19)22(30)32/h4,7-14,20H,3,5-6H2,1-2H3. The van der Waals surface area contributed by atoms with Crippen LogP contribution in [0, 0.1) is 5.92 Å². The summed E-state index contributed by atoms with van der Waals surface area (Å²) in [4.78, 5) is 13.1. The molecule has 0 spiro atoms. The van der Waals surface area contributed by atoms with Gasteiger partial charge >= 0.3 is 11.9 Å². The zero-order chi connectivity index (χ0) is 23.3. The molecule has 0 amide bonds. The highest BCUT2D eigenvalue weighted by Crippen LogP contribution is 2.43. The number of pyridine rings is 1. The molecule has 1 aliphatic carbocycles. The van der Waals surface area contributed by atoms with Crippen LogP contribution < -0.4 is 10.4 Å². The molecule has 1 saturated carbocycles. The number of rotatable bonds is 5. The van der Waals surface area contributed by atoms with Crippen LogP contribution in [0.5, 0.6) is 5.75 Å². The van der Waals surface area contributed by atoms with Crippen molar-refractivity contribution in [3.8, 4) is 11.4 Å². The van der Waals surface area contributed by atoms with Gasteiger partial charge in [0.1, 0.15) is 17.9 Å². The monoisotopic (exact) mass is 457 g/mol. The number of benzene rings is 1. The average Bonchev–Trinajstić information content (AvgIpc) is 3.32. The van der Waals surface area contributed by atoms with E-state index in [9.17, 15) is 18.0 Å². The number of hydrogen-bond acceptors (Lipinski definition) is 4. The lowest BCUT2D eigenvalue weighted by atomic mass is 9.72. The molecule has 1 fully saturated rings. The highest BCUT2D eigenvalue weighted by Gasteiger charge is 2.35. The van der Waals surface area contributed by atoms with Crippen LogP contribution in [0.25, 0.3) is 11.2 Å². The summed E-state index contributed by atoms with van der Waals surface area (Å²) in [6.45, 7) is 0.